The summed E-state index contributed by atoms with van der Waals surface area (Å²) in [7, 11) is 0. The van der Waals surface area contributed by atoms with Gasteiger partial charge in [-0.2, -0.15) is 0 Å². The Hall–Kier alpha value is -2.84. The van der Waals surface area contributed by atoms with Gasteiger partial charge in [0.2, 0.25) is 0 Å². The molecule has 134 valence electrons. The summed E-state index contributed by atoms with van der Waals surface area (Å²) in [6.45, 7) is 0. The number of hydrogen-bond donors (Lipinski definition) is 3. The van der Waals surface area contributed by atoms with Gasteiger partial charge in [0.05, 0.1) is 16.1 Å². The second kappa shape index (κ2) is 7.19. The van der Waals surface area contributed by atoms with E-state index in [0.717, 1.165) is 16.9 Å². The van der Waals surface area contributed by atoms with Gasteiger partial charge in [-0.3, -0.25) is 9.59 Å². The molecule has 0 bridgehead atoms. The van der Waals surface area contributed by atoms with Crippen LogP contribution in [0.4, 0.5) is 5.69 Å². The standard InChI is InChI=1S/C17H14ClN3O4S/c18-9-7-8(2-4-12(22)23)1-3-10(9)25-11-5-6-21-17-13(11)14(19)15(26-17)16(20)24/h1,3,5-7H,2,4,19H2,(H2,20,24)(H,22,23). The molecular weight excluding hydrogens is 378 g/mol. The lowest BCUT2D eigenvalue weighted by molar-refractivity contribution is -0.136. The Morgan fingerprint density at radius 1 is 1.27 bits per heavy atom. The number of aryl methyl sites for hydroxylation is 1. The third-order valence-corrected chi connectivity index (χ3v) is 5.08. The highest BCUT2D eigenvalue weighted by Crippen LogP contribution is 2.41. The SMILES string of the molecule is NC(=O)c1sc2nccc(Oc3ccc(CCC(=O)O)cc3Cl)c2c1N. The molecular formula is C17H14ClN3O4S. The molecule has 1 aromatic carbocycles. The van der Waals surface area contributed by atoms with E-state index in [9.17, 15) is 9.59 Å². The highest BCUT2D eigenvalue weighted by atomic mass is 35.5. The Morgan fingerprint density at radius 3 is 2.69 bits per heavy atom. The number of nitrogens with two attached hydrogens (primary N) is 2. The molecule has 0 aliphatic carbocycles. The monoisotopic (exact) mass is 391 g/mol. The molecule has 0 fully saturated rings. The minimum absolute atomic E-state index is 0.0167. The number of rotatable bonds is 6. The summed E-state index contributed by atoms with van der Waals surface area (Å²) in [6, 6.07) is 6.67. The normalized spacial score (nSPS) is 10.8. The van der Waals surface area contributed by atoms with Crippen molar-refractivity contribution >= 4 is 50.7 Å². The van der Waals surface area contributed by atoms with Gasteiger partial charge in [0, 0.05) is 12.6 Å². The molecule has 0 unspecified atom stereocenters. The highest BCUT2D eigenvalue weighted by molar-refractivity contribution is 7.21. The van der Waals surface area contributed by atoms with Gasteiger partial charge in [0.25, 0.3) is 5.91 Å². The first-order chi connectivity index (χ1) is 12.4. The van der Waals surface area contributed by atoms with Crippen molar-refractivity contribution in [2.75, 3.05) is 5.73 Å². The number of carbonyl (C=O) groups excluding carboxylic acids is 1. The molecule has 2 heterocycles. The number of ether oxygens (including phenoxy) is 1. The lowest BCUT2D eigenvalue weighted by Gasteiger charge is -2.10. The van der Waals surface area contributed by atoms with Crippen LogP contribution in [0.25, 0.3) is 10.2 Å². The van der Waals surface area contributed by atoms with Gasteiger partial charge >= 0.3 is 5.97 Å². The molecule has 3 rings (SSSR count). The molecule has 3 aromatic rings. The second-order valence-electron chi connectivity index (χ2n) is 5.46. The highest BCUT2D eigenvalue weighted by Gasteiger charge is 2.19. The third kappa shape index (κ3) is 3.56. The van der Waals surface area contributed by atoms with Gasteiger partial charge in [-0.25, -0.2) is 4.98 Å². The Morgan fingerprint density at radius 2 is 2.04 bits per heavy atom. The molecule has 0 atom stereocenters. The zero-order valence-electron chi connectivity index (χ0n) is 13.4. The van der Waals surface area contributed by atoms with E-state index in [1.54, 1.807) is 24.3 Å². The fourth-order valence-electron chi connectivity index (χ4n) is 2.44. The number of halogens is 1. The smallest absolute Gasteiger partial charge is 0.303 e. The Labute approximate surface area is 157 Å². The van der Waals surface area contributed by atoms with E-state index in [0.29, 0.717) is 33.2 Å². The van der Waals surface area contributed by atoms with Crippen molar-refractivity contribution in [1.82, 2.24) is 4.98 Å². The van der Waals surface area contributed by atoms with Crippen LogP contribution in [0.1, 0.15) is 21.7 Å². The van der Waals surface area contributed by atoms with Crippen molar-refractivity contribution in [2.24, 2.45) is 5.73 Å². The van der Waals surface area contributed by atoms with Crippen LogP contribution in [0, 0.1) is 0 Å². The summed E-state index contributed by atoms with van der Waals surface area (Å²) in [4.78, 5) is 27.1. The summed E-state index contributed by atoms with van der Waals surface area (Å²) in [5.74, 6) is -0.725. The Balaban J connectivity index is 1.94. The quantitative estimate of drug-likeness (QED) is 0.590. The third-order valence-electron chi connectivity index (χ3n) is 3.66. The summed E-state index contributed by atoms with van der Waals surface area (Å²) in [5, 5.41) is 9.59. The number of amides is 1. The number of anilines is 1. The van der Waals surface area contributed by atoms with E-state index in [2.05, 4.69) is 4.98 Å². The van der Waals surface area contributed by atoms with E-state index < -0.39 is 11.9 Å². The summed E-state index contributed by atoms with van der Waals surface area (Å²) in [6.07, 6.45) is 1.92. The van der Waals surface area contributed by atoms with E-state index in [4.69, 9.17) is 32.9 Å². The number of fused-ring (bicyclic) bond motifs is 1. The first-order valence-corrected chi connectivity index (χ1v) is 8.71. The summed E-state index contributed by atoms with van der Waals surface area (Å²) < 4.78 is 5.86. The predicted octanol–water partition coefficient (Wildman–Crippen LogP) is 3.44. The molecule has 0 saturated carbocycles. The number of carboxylic acid groups (broad SMARTS) is 1. The van der Waals surface area contributed by atoms with Crippen molar-refractivity contribution in [3.05, 3.63) is 45.9 Å². The second-order valence-corrected chi connectivity index (χ2v) is 6.87. The van der Waals surface area contributed by atoms with Gasteiger partial charge < -0.3 is 21.3 Å². The maximum atomic E-state index is 11.5. The molecule has 0 aliphatic heterocycles. The molecule has 1 amide bonds. The molecule has 0 radical (unpaired) electrons. The van der Waals surface area contributed by atoms with Gasteiger partial charge in [-0.05, 0) is 30.2 Å². The van der Waals surface area contributed by atoms with Crippen LogP contribution >= 0.6 is 22.9 Å². The molecule has 26 heavy (non-hydrogen) atoms. The van der Waals surface area contributed by atoms with Crippen molar-refractivity contribution in [3.8, 4) is 11.5 Å². The van der Waals surface area contributed by atoms with E-state index in [-0.39, 0.29) is 17.0 Å². The number of aliphatic carboxylic acids is 1. The van der Waals surface area contributed by atoms with Crippen LogP contribution in [0.5, 0.6) is 11.5 Å². The largest absolute Gasteiger partial charge is 0.481 e. The topological polar surface area (TPSA) is 129 Å². The number of hydrogen-bond acceptors (Lipinski definition) is 6. The number of pyridine rings is 1. The fourth-order valence-corrected chi connectivity index (χ4v) is 3.61. The van der Waals surface area contributed by atoms with Crippen molar-refractivity contribution in [2.45, 2.75) is 12.8 Å². The number of nitrogens with zero attached hydrogens (tertiary/aromatic N) is 1. The molecule has 0 spiro atoms. The van der Waals surface area contributed by atoms with Crippen LogP contribution in [-0.2, 0) is 11.2 Å². The minimum Gasteiger partial charge on any atom is -0.481 e. The molecule has 0 saturated heterocycles. The zero-order valence-corrected chi connectivity index (χ0v) is 14.9. The van der Waals surface area contributed by atoms with Crippen molar-refractivity contribution in [1.29, 1.82) is 0 Å². The predicted molar refractivity (Wildman–Crippen MR) is 100 cm³/mol. The van der Waals surface area contributed by atoms with Crippen LogP contribution < -0.4 is 16.2 Å². The van der Waals surface area contributed by atoms with Crippen LogP contribution in [-0.4, -0.2) is 22.0 Å². The fraction of sp³-hybridized carbons (Fsp3) is 0.118. The van der Waals surface area contributed by atoms with Gasteiger partial charge in [-0.15, -0.1) is 11.3 Å². The first kappa shape index (κ1) is 18.0. The molecule has 7 nitrogen and oxygen atoms in total. The van der Waals surface area contributed by atoms with Crippen LogP contribution in [0.3, 0.4) is 0 Å². The van der Waals surface area contributed by atoms with E-state index >= 15 is 0 Å². The summed E-state index contributed by atoms with van der Waals surface area (Å²) in [5.41, 5.74) is 12.4. The zero-order chi connectivity index (χ0) is 18.8. The Bertz CT molecular complexity index is 1020. The number of primary amides is 1. The maximum absolute atomic E-state index is 11.5. The number of carboxylic acids is 1. The number of benzene rings is 1. The van der Waals surface area contributed by atoms with Gasteiger partial charge in [-0.1, -0.05) is 17.7 Å². The average Bonchev–Trinajstić information content (AvgIpc) is 2.93. The molecule has 2 aromatic heterocycles. The average molecular weight is 392 g/mol. The lowest BCUT2D eigenvalue weighted by atomic mass is 10.1. The Kier molecular flexibility index (Phi) is 4.97. The van der Waals surface area contributed by atoms with Gasteiger partial charge in [0.15, 0.2) is 0 Å². The molecule has 9 heteroatoms. The number of aromatic nitrogens is 1. The number of carbonyl (C=O) groups is 2. The van der Waals surface area contributed by atoms with Crippen LogP contribution in [0.15, 0.2) is 30.5 Å². The van der Waals surface area contributed by atoms with Crippen molar-refractivity contribution in [3.63, 3.8) is 0 Å². The van der Waals surface area contributed by atoms with E-state index in [1.807, 2.05) is 0 Å². The summed E-state index contributed by atoms with van der Waals surface area (Å²) >= 11 is 7.34. The maximum Gasteiger partial charge on any atom is 0.303 e. The molecule has 0 aliphatic rings. The minimum atomic E-state index is -0.876. The van der Waals surface area contributed by atoms with Crippen LogP contribution in [0.2, 0.25) is 5.02 Å². The number of thiophene rings is 1. The first-order valence-electron chi connectivity index (χ1n) is 7.51. The van der Waals surface area contributed by atoms with Gasteiger partial charge in [0.1, 0.15) is 21.2 Å². The van der Waals surface area contributed by atoms with Crippen molar-refractivity contribution < 1.29 is 19.4 Å². The number of nitrogen functional groups attached to an aromatic ring is 1. The lowest BCUT2D eigenvalue weighted by Crippen LogP contribution is -2.10. The molecule has 5 N–H and O–H groups in total. The van der Waals surface area contributed by atoms with E-state index in [1.165, 1.54) is 6.20 Å².